The molecule has 0 bridgehead atoms. The van der Waals surface area contributed by atoms with Crippen LogP contribution < -0.4 is 0 Å². The molecule has 0 atom stereocenters. The minimum atomic E-state index is -0.376. The molecule has 118 valence electrons. The van der Waals surface area contributed by atoms with Crippen molar-refractivity contribution in [1.82, 2.24) is 25.2 Å². The monoisotopic (exact) mass is 347 g/mol. The lowest BCUT2D eigenvalue weighted by molar-refractivity contribution is 0.0525. The summed E-state index contributed by atoms with van der Waals surface area (Å²) < 4.78 is 6.65. The first-order valence-electron chi connectivity index (χ1n) is 6.86. The summed E-state index contributed by atoms with van der Waals surface area (Å²) >= 11 is 3.00. The van der Waals surface area contributed by atoms with Crippen molar-refractivity contribution in [3.63, 3.8) is 0 Å². The molecule has 0 aliphatic carbocycles. The fraction of sp³-hybridized carbons (Fsp3) is 0.214. The largest absolute Gasteiger partial charge is 0.462 e. The maximum Gasteiger partial charge on any atom is 0.339 e. The number of carbonyl (C=O) groups is 1. The Labute approximate surface area is 140 Å². The highest BCUT2D eigenvalue weighted by molar-refractivity contribution is 7.99. The average Bonchev–Trinajstić information content (AvgIpc) is 3.21. The maximum atomic E-state index is 11.6. The van der Waals surface area contributed by atoms with Gasteiger partial charge in [0.2, 0.25) is 5.16 Å². The number of esters is 1. The van der Waals surface area contributed by atoms with E-state index < -0.39 is 0 Å². The van der Waals surface area contributed by atoms with Crippen LogP contribution in [0.5, 0.6) is 0 Å². The van der Waals surface area contributed by atoms with Crippen LogP contribution in [0.25, 0.3) is 0 Å². The predicted octanol–water partition coefficient (Wildman–Crippen LogP) is 2.51. The minimum Gasteiger partial charge on any atom is -0.462 e. The first-order valence-corrected chi connectivity index (χ1v) is 8.55. The number of thiophene rings is 1. The van der Waals surface area contributed by atoms with E-state index in [-0.39, 0.29) is 5.97 Å². The summed E-state index contributed by atoms with van der Waals surface area (Å²) in [5, 5.41) is 15.1. The van der Waals surface area contributed by atoms with E-state index in [2.05, 4.69) is 20.5 Å². The van der Waals surface area contributed by atoms with Gasteiger partial charge in [-0.1, -0.05) is 6.07 Å². The van der Waals surface area contributed by atoms with Gasteiger partial charge >= 0.3 is 5.97 Å². The lowest BCUT2D eigenvalue weighted by Crippen LogP contribution is -2.05. The van der Waals surface area contributed by atoms with E-state index in [4.69, 9.17) is 4.74 Å². The molecule has 0 N–H and O–H groups in total. The average molecular weight is 347 g/mol. The number of nitrogens with zero attached hydrogens (tertiary/aromatic N) is 5. The van der Waals surface area contributed by atoms with Gasteiger partial charge < -0.3 is 4.74 Å². The third kappa shape index (κ3) is 3.93. The highest BCUT2D eigenvalue weighted by Crippen LogP contribution is 2.24. The number of hydrogen-bond acceptors (Lipinski definition) is 8. The molecule has 0 spiro atoms. The standard InChI is InChI=1S/C14H13N5O2S2/c1-2-21-13(20)10-5-6-12(15-8-10)23-14-16-17-18-19(14)9-11-4-3-7-22-11/h3-8H,2,9H2,1H3. The summed E-state index contributed by atoms with van der Waals surface area (Å²) in [4.78, 5) is 17.0. The van der Waals surface area contributed by atoms with Gasteiger partial charge in [-0.15, -0.1) is 16.4 Å². The van der Waals surface area contributed by atoms with Gasteiger partial charge in [-0.05, 0) is 52.7 Å². The van der Waals surface area contributed by atoms with Crippen molar-refractivity contribution < 1.29 is 9.53 Å². The molecule has 3 aromatic heterocycles. The molecule has 0 aliphatic rings. The lowest BCUT2D eigenvalue weighted by Gasteiger charge is -2.04. The topological polar surface area (TPSA) is 82.8 Å². The second kappa shape index (κ2) is 7.34. The van der Waals surface area contributed by atoms with Crippen molar-refractivity contribution in [3.05, 3.63) is 46.3 Å². The summed E-state index contributed by atoms with van der Waals surface area (Å²) in [6.07, 6.45) is 1.49. The SMILES string of the molecule is CCOC(=O)c1ccc(Sc2nnnn2Cc2cccs2)nc1. The van der Waals surface area contributed by atoms with Crippen LogP contribution in [-0.4, -0.2) is 37.8 Å². The van der Waals surface area contributed by atoms with E-state index in [0.717, 1.165) is 0 Å². The Morgan fingerprint density at radius 3 is 3.00 bits per heavy atom. The molecule has 3 rings (SSSR count). The van der Waals surface area contributed by atoms with Crippen LogP contribution in [0.3, 0.4) is 0 Å². The second-order valence-electron chi connectivity index (χ2n) is 4.41. The van der Waals surface area contributed by atoms with Crippen LogP contribution in [0.4, 0.5) is 0 Å². The van der Waals surface area contributed by atoms with E-state index in [9.17, 15) is 4.79 Å². The Morgan fingerprint density at radius 1 is 1.39 bits per heavy atom. The molecule has 0 fully saturated rings. The molecule has 0 saturated carbocycles. The Bertz CT molecular complexity index is 771. The van der Waals surface area contributed by atoms with Gasteiger partial charge in [-0.3, -0.25) is 0 Å². The Hall–Kier alpha value is -2.26. The Morgan fingerprint density at radius 2 is 2.30 bits per heavy atom. The van der Waals surface area contributed by atoms with E-state index >= 15 is 0 Å². The molecule has 0 aromatic carbocycles. The van der Waals surface area contributed by atoms with Crippen molar-refractivity contribution in [2.24, 2.45) is 0 Å². The first-order chi connectivity index (χ1) is 11.3. The third-order valence-electron chi connectivity index (χ3n) is 2.83. The number of ether oxygens (including phenoxy) is 1. The second-order valence-corrected chi connectivity index (χ2v) is 6.43. The number of tetrazole rings is 1. The highest BCUT2D eigenvalue weighted by atomic mass is 32.2. The van der Waals surface area contributed by atoms with Gasteiger partial charge in [0.05, 0.1) is 18.7 Å². The molecule has 3 heterocycles. The molecule has 9 heteroatoms. The van der Waals surface area contributed by atoms with Crippen LogP contribution in [0.1, 0.15) is 22.2 Å². The quantitative estimate of drug-likeness (QED) is 0.634. The Kier molecular flexibility index (Phi) is 4.99. The van der Waals surface area contributed by atoms with Crippen LogP contribution in [0.15, 0.2) is 46.0 Å². The van der Waals surface area contributed by atoms with Crippen LogP contribution in [0.2, 0.25) is 0 Å². The number of hydrogen-bond donors (Lipinski definition) is 0. The van der Waals surface area contributed by atoms with Crippen molar-refractivity contribution in [2.75, 3.05) is 6.61 Å². The smallest absolute Gasteiger partial charge is 0.339 e. The van der Waals surface area contributed by atoms with Crippen molar-refractivity contribution >= 4 is 29.1 Å². The zero-order valence-electron chi connectivity index (χ0n) is 12.2. The summed E-state index contributed by atoms with van der Waals surface area (Å²) in [5.74, 6) is -0.376. The molecule has 0 saturated heterocycles. The molecular formula is C14H13N5O2S2. The molecule has 7 nitrogen and oxygen atoms in total. The van der Waals surface area contributed by atoms with Crippen LogP contribution >= 0.6 is 23.1 Å². The van der Waals surface area contributed by atoms with Crippen LogP contribution in [-0.2, 0) is 11.3 Å². The van der Waals surface area contributed by atoms with Gasteiger partial charge in [0.25, 0.3) is 0 Å². The number of rotatable bonds is 6. The molecule has 0 aliphatic heterocycles. The normalized spacial score (nSPS) is 10.7. The van der Waals surface area contributed by atoms with Crippen molar-refractivity contribution in [2.45, 2.75) is 23.7 Å². The fourth-order valence-electron chi connectivity index (χ4n) is 1.79. The molecule has 23 heavy (non-hydrogen) atoms. The van der Waals surface area contributed by atoms with Crippen molar-refractivity contribution in [3.8, 4) is 0 Å². The van der Waals surface area contributed by atoms with E-state index in [1.54, 1.807) is 35.1 Å². The van der Waals surface area contributed by atoms with E-state index in [0.29, 0.717) is 28.9 Å². The van der Waals surface area contributed by atoms with E-state index in [1.165, 1.54) is 22.8 Å². The summed E-state index contributed by atoms with van der Waals surface area (Å²) in [6, 6.07) is 7.46. The summed E-state index contributed by atoms with van der Waals surface area (Å²) in [5.41, 5.74) is 0.425. The molecule has 0 amide bonds. The zero-order valence-corrected chi connectivity index (χ0v) is 13.9. The molecule has 3 aromatic rings. The van der Waals surface area contributed by atoms with Gasteiger partial charge in [0, 0.05) is 11.1 Å². The molecule has 0 radical (unpaired) electrons. The maximum absolute atomic E-state index is 11.6. The number of aromatic nitrogens is 5. The fourth-order valence-corrected chi connectivity index (χ4v) is 3.19. The minimum absolute atomic E-state index is 0.340. The lowest BCUT2D eigenvalue weighted by atomic mass is 10.3. The predicted molar refractivity (Wildman–Crippen MR) is 85.6 cm³/mol. The zero-order chi connectivity index (χ0) is 16.1. The van der Waals surface area contributed by atoms with E-state index in [1.807, 2.05) is 17.5 Å². The highest BCUT2D eigenvalue weighted by Gasteiger charge is 2.12. The third-order valence-corrected chi connectivity index (χ3v) is 4.61. The first kappa shape index (κ1) is 15.6. The van der Waals surface area contributed by atoms with Gasteiger partial charge in [0.15, 0.2) is 0 Å². The molecular weight excluding hydrogens is 334 g/mol. The van der Waals surface area contributed by atoms with Gasteiger partial charge in [-0.2, -0.15) is 0 Å². The number of carbonyl (C=O) groups excluding carboxylic acids is 1. The van der Waals surface area contributed by atoms with Gasteiger partial charge in [0.1, 0.15) is 5.03 Å². The summed E-state index contributed by atoms with van der Waals surface area (Å²) in [7, 11) is 0. The summed E-state index contributed by atoms with van der Waals surface area (Å²) in [6.45, 7) is 2.73. The Balaban J connectivity index is 1.70. The van der Waals surface area contributed by atoms with Crippen LogP contribution in [0, 0.1) is 0 Å². The van der Waals surface area contributed by atoms with Gasteiger partial charge in [-0.25, -0.2) is 14.5 Å². The van der Waals surface area contributed by atoms with Crippen molar-refractivity contribution in [1.29, 1.82) is 0 Å². The molecule has 0 unspecified atom stereocenters. The number of pyridine rings is 1.